The Balaban J connectivity index is 1.40. The van der Waals surface area contributed by atoms with Gasteiger partial charge in [0, 0.05) is 36.4 Å². The van der Waals surface area contributed by atoms with E-state index < -0.39 is 5.76 Å². The summed E-state index contributed by atoms with van der Waals surface area (Å²) in [5.74, 6) is -0.520. The number of aromatic amines is 1. The summed E-state index contributed by atoms with van der Waals surface area (Å²) in [7, 11) is 0. The van der Waals surface area contributed by atoms with Gasteiger partial charge in [0.05, 0.1) is 12.2 Å². The summed E-state index contributed by atoms with van der Waals surface area (Å²) in [6.45, 7) is 6.81. The van der Waals surface area contributed by atoms with Gasteiger partial charge in [0.25, 0.3) is 5.91 Å². The van der Waals surface area contributed by atoms with Gasteiger partial charge in [-0.25, -0.2) is 4.79 Å². The maximum atomic E-state index is 12.6. The molecule has 2 aromatic carbocycles. The smallest absolute Gasteiger partial charge is 0.373 e. The number of nitrogens with one attached hydrogen (secondary N) is 2. The van der Waals surface area contributed by atoms with Gasteiger partial charge in [-0.15, -0.1) is 0 Å². The number of anilines is 1. The quantitative estimate of drug-likeness (QED) is 0.673. The molecule has 0 saturated carbocycles. The van der Waals surface area contributed by atoms with Crippen LogP contribution >= 0.6 is 0 Å². The lowest BCUT2D eigenvalue weighted by Gasteiger charge is -2.35. The highest BCUT2D eigenvalue weighted by atomic mass is 16.5. The van der Waals surface area contributed by atoms with Crippen molar-refractivity contribution >= 4 is 11.6 Å². The SMILES string of the molecule is CC1CN(Cc2ccc(C(=O)Nc3cccc(-c4noc(=O)[nH]4)c3)cc2)CC(C)O1. The second-order valence-electron chi connectivity index (χ2n) is 7.63. The molecular formula is C22H24N4O4. The minimum Gasteiger partial charge on any atom is -0.373 e. The van der Waals surface area contributed by atoms with Gasteiger partial charge in [0.2, 0.25) is 0 Å². The van der Waals surface area contributed by atoms with Crippen LogP contribution < -0.4 is 11.1 Å². The molecule has 1 aromatic heterocycles. The van der Waals surface area contributed by atoms with Gasteiger partial charge < -0.3 is 10.1 Å². The molecule has 2 heterocycles. The zero-order chi connectivity index (χ0) is 21.1. The molecule has 4 rings (SSSR count). The molecule has 3 aromatic rings. The lowest BCUT2D eigenvalue weighted by atomic mass is 10.1. The number of amides is 1. The molecule has 8 nitrogen and oxygen atoms in total. The molecule has 30 heavy (non-hydrogen) atoms. The van der Waals surface area contributed by atoms with Crippen molar-refractivity contribution in [1.82, 2.24) is 15.0 Å². The van der Waals surface area contributed by atoms with Crippen LogP contribution in [0.5, 0.6) is 0 Å². The molecule has 0 bridgehead atoms. The number of morpholine rings is 1. The number of aromatic nitrogens is 2. The summed E-state index contributed by atoms with van der Waals surface area (Å²) in [4.78, 5) is 28.6. The van der Waals surface area contributed by atoms with Gasteiger partial charge in [-0.05, 0) is 43.7 Å². The van der Waals surface area contributed by atoms with E-state index in [1.165, 1.54) is 0 Å². The number of benzene rings is 2. The summed E-state index contributed by atoms with van der Waals surface area (Å²) in [5.41, 5.74) is 2.97. The fraction of sp³-hybridized carbons (Fsp3) is 0.318. The van der Waals surface area contributed by atoms with E-state index in [1.807, 2.05) is 24.3 Å². The topological polar surface area (TPSA) is 100 Å². The highest BCUT2D eigenvalue weighted by Crippen LogP contribution is 2.20. The highest BCUT2D eigenvalue weighted by molar-refractivity contribution is 6.04. The van der Waals surface area contributed by atoms with Crippen LogP contribution in [-0.2, 0) is 11.3 Å². The van der Waals surface area contributed by atoms with E-state index in [0.717, 1.165) is 25.2 Å². The molecule has 1 fully saturated rings. The Bertz CT molecular complexity index is 1060. The second kappa shape index (κ2) is 8.64. The predicted octanol–water partition coefficient (Wildman–Crippen LogP) is 2.89. The van der Waals surface area contributed by atoms with E-state index in [1.54, 1.807) is 24.3 Å². The van der Waals surface area contributed by atoms with Gasteiger partial charge in [0.15, 0.2) is 5.82 Å². The minimum atomic E-state index is -0.625. The van der Waals surface area contributed by atoms with Crippen LogP contribution in [-0.4, -0.2) is 46.2 Å². The predicted molar refractivity (Wildman–Crippen MR) is 112 cm³/mol. The van der Waals surface area contributed by atoms with Crippen molar-refractivity contribution in [1.29, 1.82) is 0 Å². The number of hydrogen-bond donors (Lipinski definition) is 2. The minimum absolute atomic E-state index is 0.207. The maximum Gasteiger partial charge on any atom is 0.439 e. The molecule has 1 aliphatic rings. The largest absolute Gasteiger partial charge is 0.439 e. The average Bonchev–Trinajstić information content (AvgIpc) is 3.14. The third-order valence-corrected chi connectivity index (χ3v) is 4.95. The molecule has 2 N–H and O–H groups in total. The molecule has 1 amide bonds. The van der Waals surface area contributed by atoms with E-state index in [2.05, 4.69) is 38.7 Å². The van der Waals surface area contributed by atoms with E-state index in [4.69, 9.17) is 4.74 Å². The first kappa shape index (κ1) is 20.1. The zero-order valence-corrected chi connectivity index (χ0v) is 16.9. The standard InChI is InChI=1S/C22H24N4O4/c1-14-11-26(12-15(2)29-14)13-16-6-8-17(9-7-16)21(27)23-19-5-3-4-18(10-19)20-24-22(28)30-25-20/h3-10,14-15H,11-13H2,1-2H3,(H,23,27)(H,24,25,28). The summed E-state index contributed by atoms with van der Waals surface area (Å²) < 4.78 is 10.3. The molecule has 0 radical (unpaired) electrons. The molecular weight excluding hydrogens is 384 g/mol. The van der Waals surface area contributed by atoms with E-state index in [0.29, 0.717) is 22.6 Å². The molecule has 2 atom stereocenters. The molecule has 0 aliphatic carbocycles. The molecule has 2 unspecified atom stereocenters. The first-order valence-corrected chi connectivity index (χ1v) is 9.91. The van der Waals surface area contributed by atoms with Crippen molar-refractivity contribution in [2.24, 2.45) is 0 Å². The van der Waals surface area contributed by atoms with Gasteiger partial charge >= 0.3 is 5.76 Å². The normalized spacial score (nSPS) is 19.5. The number of carbonyl (C=O) groups excluding carboxylic acids is 1. The third-order valence-electron chi connectivity index (χ3n) is 4.95. The van der Waals surface area contributed by atoms with Crippen molar-refractivity contribution in [2.75, 3.05) is 18.4 Å². The molecule has 156 valence electrons. The van der Waals surface area contributed by atoms with Crippen molar-refractivity contribution in [3.8, 4) is 11.4 Å². The van der Waals surface area contributed by atoms with Gasteiger partial charge in [-0.1, -0.05) is 29.4 Å². The van der Waals surface area contributed by atoms with Gasteiger partial charge in [-0.3, -0.25) is 19.2 Å². The van der Waals surface area contributed by atoms with Crippen LogP contribution in [0.25, 0.3) is 11.4 Å². The Morgan fingerprint density at radius 1 is 1.17 bits per heavy atom. The van der Waals surface area contributed by atoms with E-state index in [-0.39, 0.29) is 18.1 Å². The Morgan fingerprint density at radius 3 is 2.57 bits per heavy atom. The Kier molecular flexibility index (Phi) is 5.78. The van der Waals surface area contributed by atoms with E-state index in [9.17, 15) is 9.59 Å². The highest BCUT2D eigenvalue weighted by Gasteiger charge is 2.22. The van der Waals surface area contributed by atoms with E-state index >= 15 is 0 Å². The number of ether oxygens (including phenoxy) is 1. The molecule has 8 heteroatoms. The van der Waals surface area contributed by atoms with Crippen molar-refractivity contribution in [2.45, 2.75) is 32.6 Å². The summed E-state index contributed by atoms with van der Waals surface area (Å²) in [6, 6.07) is 14.7. The lowest BCUT2D eigenvalue weighted by molar-refractivity contribution is -0.0704. The number of H-pyrrole nitrogens is 1. The molecule has 1 saturated heterocycles. The van der Waals surface area contributed by atoms with Gasteiger partial charge in [0.1, 0.15) is 0 Å². The fourth-order valence-electron chi connectivity index (χ4n) is 3.74. The third kappa shape index (κ3) is 4.84. The van der Waals surface area contributed by atoms with Crippen molar-refractivity contribution in [3.05, 3.63) is 70.2 Å². The van der Waals surface area contributed by atoms with Crippen LogP contribution in [0.2, 0.25) is 0 Å². The van der Waals surface area contributed by atoms with Crippen LogP contribution in [0.1, 0.15) is 29.8 Å². The zero-order valence-electron chi connectivity index (χ0n) is 16.9. The maximum absolute atomic E-state index is 12.6. The number of nitrogens with zero attached hydrogens (tertiary/aromatic N) is 2. The number of carbonyl (C=O) groups is 1. The average molecular weight is 408 g/mol. The van der Waals surface area contributed by atoms with Crippen LogP contribution in [0, 0.1) is 0 Å². The lowest BCUT2D eigenvalue weighted by Crippen LogP contribution is -2.44. The van der Waals surface area contributed by atoms with Crippen LogP contribution in [0.15, 0.2) is 57.8 Å². The first-order valence-electron chi connectivity index (χ1n) is 9.91. The van der Waals surface area contributed by atoms with Crippen LogP contribution in [0.3, 0.4) is 0 Å². The number of hydrogen-bond acceptors (Lipinski definition) is 6. The van der Waals surface area contributed by atoms with Gasteiger partial charge in [-0.2, -0.15) is 0 Å². The summed E-state index contributed by atoms with van der Waals surface area (Å²) in [5, 5.41) is 6.54. The number of rotatable bonds is 5. The van der Waals surface area contributed by atoms with Crippen molar-refractivity contribution < 1.29 is 14.1 Å². The van der Waals surface area contributed by atoms with Crippen molar-refractivity contribution in [3.63, 3.8) is 0 Å². The Labute approximate surface area is 173 Å². The monoisotopic (exact) mass is 408 g/mol. The Hall–Kier alpha value is -3.23. The first-order chi connectivity index (χ1) is 14.5. The fourth-order valence-corrected chi connectivity index (χ4v) is 3.74. The second-order valence-corrected chi connectivity index (χ2v) is 7.63. The summed E-state index contributed by atoms with van der Waals surface area (Å²) >= 11 is 0. The van der Waals surface area contributed by atoms with Crippen LogP contribution in [0.4, 0.5) is 5.69 Å². The summed E-state index contributed by atoms with van der Waals surface area (Å²) in [6.07, 6.45) is 0.453. The molecule has 1 aliphatic heterocycles. The molecule has 0 spiro atoms. The Morgan fingerprint density at radius 2 is 1.90 bits per heavy atom.